The van der Waals surface area contributed by atoms with Crippen molar-refractivity contribution in [2.45, 2.75) is 37.8 Å². The summed E-state index contributed by atoms with van der Waals surface area (Å²) >= 11 is 9.42. The molecule has 1 aliphatic rings. The average Bonchev–Trinajstić information content (AvgIpc) is 2.22. The molecule has 2 rings (SSSR count). The van der Waals surface area contributed by atoms with Crippen LogP contribution >= 0.6 is 27.5 Å². The molecule has 1 aliphatic carbocycles. The normalized spacial score (nSPS) is 25.4. The molecule has 0 radical (unpaired) electrons. The van der Waals surface area contributed by atoms with E-state index in [1.54, 1.807) is 0 Å². The molecule has 1 aromatic rings. The van der Waals surface area contributed by atoms with E-state index in [2.05, 4.69) is 21.2 Å². The van der Waals surface area contributed by atoms with Crippen LogP contribution in [0.2, 0.25) is 5.02 Å². The summed E-state index contributed by atoms with van der Waals surface area (Å²) in [6.07, 6.45) is 4.61. The topological polar surface area (TPSA) is 38.0 Å². The third kappa shape index (κ3) is 3.12. The van der Waals surface area contributed by atoms with E-state index >= 15 is 0 Å². The fourth-order valence-corrected chi connectivity index (χ4v) is 2.98. The lowest BCUT2D eigenvalue weighted by molar-refractivity contribution is 0.409. The third-order valence-electron chi connectivity index (χ3n) is 3.01. The van der Waals surface area contributed by atoms with Gasteiger partial charge in [-0.2, -0.15) is 0 Å². The molecule has 0 aliphatic heterocycles. The summed E-state index contributed by atoms with van der Waals surface area (Å²) in [4.78, 5) is 0. The number of rotatable bonds is 2. The van der Waals surface area contributed by atoms with Crippen molar-refractivity contribution in [3.63, 3.8) is 0 Å². The highest BCUT2D eigenvalue weighted by molar-refractivity contribution is 9.10. The standard InChI is InChI=1S/C12H16BrClN2/c13-11-6-8(14)4-5-12(11)16-10-3-1-2-9(15)7-10/h4-6,9-10,16H,1-3,7,15H2. The Balaban J connectivity index is 2.02. The maximum Gasteiger partial charge on any atom is 0.0487 e. The van der Waals surface area contributed by atoms with Crippen LogP contribution in [0.15, 0.2) is 22.7 Å². The first-order valence-corrected chi connectivity index (χ1v) is 6.79. The summed E-state index contributed by atoms with van der Waals surface area (Å²) in [5, 5.41) is 4.27. The van der Waals surface area contributed by atoms with E-state index in [0.717, 1.165) is 28.0 Å². The molecule has 0 amide bonds. The second-order valence-corrected chi connectivity index (χ2v) is 5.68. The SMILES string of the molecule is NC1CCCC(Nc2ccc(Cl)cc2Br)C1. The van der Waals surface area contributed by atoms with Gasteiger partial charge < -0.3 is 11.1 Å². The highest BCUT2D eigenvalue weighted by atomic mass is 79.9. The Morgan fingerprint density at radius 2 is 2.19 bits per heavy atom. The fourth-order valence-electron chi connectivity index (χ4n) is 2.19. The van der Waals surface area contributed by atoms with E-state index in [4.69, 9.17) is 17.3 Å². The van der Waals surface area contributed by atoms with Crippen LogP contribution in [0, 0.1) is 0 Å². The van der Waals surface area contributed by atoms with Crippen LogP contribution in [-0.2, 0) is 0 Å². The van der Waals surface area contributed by atoms with Crippen molar-refractivity contribution < 1.29 is 0 Å². The summed E-state index contributed by atoms with van der Waals surface area (Å²) in [6.45, 7) is 0. The fraction of sp³-hybridized carbons (Fsp3) is 0.500. The molecule has 2 unspecified atom stereocenters. The first-order chi connectivity index (χ1) is 7.65. The van der Waals surface area contributed by atoms with Gasteiger partial charge in [-0.25, -0.2) is 0 Å². The zero-order valence-corrected chi connectivity index (χ0v) is 11.4. The summed E-state index contributed by atoms with van der Waals surface area (Å²) in [6, 6.07) is 6.65. The summed E-state index contributed by atoms with van der Waals surface area (Å²) < 4.78 is 1.01. The molecule has 0 saturated heterocycles. The van der Waals surface area contributed by atoms with E-state index in [1.807, 2.05) is 18.2 Å². The number of benzene rings is 1. The van der Waals surface area contributed by atoms with Crippen LogP contribution in [0.25, 0.3) is 0 Å². The lowest BCUT2D eigenvalue weighted by Gasteiger charge is -2.28. The Kier molecular flexibility index (Phi) is 4.11. The van der Waals surface area contributed by atoms with E-state index in [0.29, 0.717) is 12.1 Å². The summed E-state index contributed by atoms with van der Waals surface area (Å²) in [7, 11) is 0. The van der Waals surface area contributed by atoms with Gasteiger partial charge in [0.15, 0.2) is 0 Å². The predicted octanol–water partition coefficient (Wildman–Crippen LogP) is 3.78. The minimum atomic E-state index is 0.345. The van der Waals surface area contributed by atoms with Crippen LogP contribution < -0.4 is 11.1 Å². The number of hydrogen-bond donors (Lipinski definition) is 2. The third-order valence-corrected chi connectivity index (χ3v) is 3.90. The van der Waals surface area contributed by atoms with Crippen LogP contribution in [0.3, 0.4) is 0 Å². The molecule has 88 valence electrons. The molecule has 1 aromatic carbocycles. The van der Waals surface area contributed by atoms with Gasteiger partial charge in [0, 0.05) is 27.3 Å². The monoisotopic (exact) mass is 302 g/mol. The van der Waals surface area contributed by atoms with Gasteiger partial charge in [0.1, 0.15) is 0 Å². The molecule has 2 nitrogen and oxygen atoms in total. The Morgan fingerprint density at radius 3 is 2.88 bits per heavy atom. The highest BCUT2D eigenvalue weighted by Crippen LogP contribution is 2.29. The van der Waals surface area contributed by atoms with Crippen molar-refractivity contribution in [1.29, 1.82) is 0 Å². The van der Waals surface area contributed by atoms with Crippen molar-refractivity contribution in [3.05, 3.63) is 27.7 Å². The van der Waals surface area contributed by atoms with Crippen LogP contribution in [0.4, 0.5) is 5.69 Å². The molecule has 1 saturated carbocycles. The molecule has 3 N–H and O–H groups in total. The Bertz CT molecular complexity index is 370. The second kappa shape index (κ2) is 5.39. The maximum atomic E-state index is 5.97. The first-order valence-electron chi connectivity index (χ1n) is 5.62. The number of hydrogen-bond acceptors (Lipinski definition) is 2. The van der Waals surface area contributed by atoms with E-state index < -0.39 is 0 Å². The Labute approximate surface area is 110 Å². The number of halogens is 2. The van der Waals surface area contributed by atoms with Gasteiger partial charge >= 0.3 is 0 Å². The minimum absolute atomic E-state index is 0.345. The lowest BCUT2D eigenvalue weighted by Crippen LogP contribution is -2.34. The molecular weight excluding hydrogens is 288 g/mol. The molecule has 0 aromatic heterocycles. The van der Waals surface area contributed by atoms with E-state index in [1.165, 1.54) is 12.8 Å². The van der Waals surface area contributed by atoms with Crippen LogP contribution in [-0.4, -0.2) is 12.1 Å². The summed E-state index contributed by atoms with van der Waals surface area (Å²) in [5.74, 6) is 0. The smallest absolute Gasteiger partial charge is 0.0487 e. The highest BCUT2D eigenvalue weighted by Gasteiger charge is 2.19. The molecule has 16 heavy (non-hydrogen) atoms. The number of anilines is 1. The quantitative estimate of drug-likeness (QED) is 0.872. The molecule has 0 heterocycles. The second-order valence-electron chi connectivity index (χ2n) is 4.39. The van der Waals surface area contributed by atoms with Gasteiger partial charge in [-0.05, 0) is 59.8 Å². The lowest BCUT2D eigenvalue weighted by atomic mass is 9.91. The number of nitrogens with two attached hydrogens (primary N) is 1. The minimum Gasteiger partial charge on any atom is -0.381 e. The van der Waals surface area contributed by atoms with Crippen molar-refractivity contribution in [2.24, 2.45) is 5.73 Å². The molecular formula is C12H16BrClN2. The van der Waals surface area contributed by atoms with Crippen molar-refractivity contribution in [3.8, 4) is 0 Å². The van der Waals surface area contributed by atoms with Gasteiger partial charge in [0.25, 0.3) is 0 Å². The first kappa shape index (κ1) is 12.2. The molecule has 2 atom stereocenters. The Morgan fingerprint density at radius 1 is 1.38 bits per heavy atom. The van der Waals surface area contributed by atoms with Gasteiger partial charge in [0.2, 0.25) is 0 Å². The van der Waals surface area contributed by atoms with E-state index in [-0.39, 0.29) is 0 Å². The van der Waals surface area contributed by atoms with Crippen molar-refractivity contribution >= 4 is 33.2 Å². The van der Waals surface area contributed by atoms with Gasteiger partial charge in [-0.3, -0.25) is 0 Å². The molecule has 0 bridgehead atoms. The van der Waals surface area contributed by atoms with Crippen molar-refractivity contribution in [1.82, 2.24) is 0 Å². The van der Waals surface area contributed by atoms with Crippen LogP contribution in [0.1, 0.15) is 25.7 Å². The maximum absolute atomic E-state index is 5.97. The van der Waals surface area contributed by atoms with Gasteiger partial charge in [-0.1, -0.05) is 11.6 Å². The number of nitrogens with one attached hydrogen (secondary N) is 1. The zero-order chi connectivity index (χ0) is 11.5. The largest absolute Gasteiger partial charge is 0.381 e. The summed E-state index contributed by atoms with van der Waals surface area (Å²) in [5.41, 5.74) is 7.07. The van der Waals surface area contributed by atoms with Crippen molar-refractivity contribution in [2.75, 3.05) is 5.32 Å². The van der Waals surface area contributed by atoms with Crippen LogP contribution in [0.5, 0.6) is 0 Å². The van der Waals surface area contributed by atoms with E-state index in [9.17, 15) is 0 Å². The average molecular weight is 304 g/mol. The molecule has 0 spiro atoms. The zero-order valence-electron chi connectivity index (χ0n) is 9.05. The van der Waals surface area contributed by atoms with Gasteiger partial charge in [0.05, 0.1) is 0 Å². The predicted molar refractivity (Wildman–Crippen MR) is 73.0 cm³/mol. The Hall–Kier alpha value is -0.250. The molecule has 1 fully saturated rings. The molecule has 4 heteroatoms. The van der Waals surface area contributed by atoms with Gasteiger partial charge in [-0.15, -0.1) is 0 Å².